The summed E-state index contributed by atoms with van der Waals surface area (Å²) >= 11 is 0. The SMILES string of the molecule is CO[C@H]1CC(=O)[C@@]23C(=O)N[C@H](Cc4c[nH]c5ccccc45)[C@@H]2[C@@H](C)[C@]2(C)O[C@@H]2[C@@H]3/C=C/C[C@@H](C)C[C@H]1O. The third kappa shape index (κ3) is 3.57. The van der Waals surface area contributed by atoms with E-state index in [0.29, 0.717) is 12.8 Å². The maximum atomic E-state index is 14.4. The van der Waals surface area contributed by atoms with Crippen molar-refractivity contribution in [1.82, 2.24) is 10.3 Å². The minimum absolute atomic E-state index is 0.00442. The van der Waals surface area contributed by atoms with Gasteiger partial charge in [-0.2, -0.15) is 0 Å². The third-order valence-electron chi connectivity index (χ3n) is 10.1. The number of carbonyl (C=O) groups excluding carboxylic acids is 2. The number of epoxide rings is 1. The van der Waals surface area contributed by atoms with Crippen LogP contribution in [0.5, 0.6) is 0 Å². The van der Waals surface area contributed by atoms with E-state index >= 15 is 0 Å². The molecular formula is C30H38N2O5. The molecule has 2 aliphatic heterocycles. The van der Waals surface area contributed by atoms with Gasteiger partial charge in [0, 0.05) is 48.5 Å². The first kappa shape index (κ1) is 24.8. The predicted octanol–water partition coefficient (Wildman–Crippen LogP) is 3.56. The van der Waals surface area contributed by atoms with Gasteiger partial charge >= 0.3 is 0 Å². The van der Waals surface area contributed by atoms with Crippen LogP contribution < -0.4 is 5.32 Å². The lowest BCUT2D eigenvalue weighted by atomic mass is 9.51. The number of benzene rings is 1. The lowest BCUT2D eigenvalue weighted by molar-refractivity contribution is -0.151. The summed E-state index contributed by atoms with van der Waals surface area (Å²) in [5, 5.41) is 15.3. The summed E-state index contributed by atoms with van der Waals surface area (Å²) in [7, 11) is 1.54. The highest BCUT2D eigenvalue weighted by Crippen LogP contribution is 2.66. The number of aromatic amines is 1. The Morgan fingerprint density at radius 1 is 1.22 bits per heavy atom. The number of Topliss-reactive ketones (excluding diaryl/α,β-unsaturated/α-hetero) is 1. The number of nitrogens with one attached hydrogen (secondary N) is 2. The lowest BCUT2D eigenvalue weighted by Crippen LogP contribution is -2.59. The molecular weight excluding hydrogens is 468 g/mol. The Morgan fingerprint density at radius 2 is 2.00 bits per heavy atom. The van der Waals surface area contributed by atoms with Crippen LogP contribution in [0.1, 0.15) is 45.6 Å². The first-order valence-electron chi connectivity index (χ1n) is 13.7. The molecule has 7 heteroatoms. The van der Waals surface area contributed by atoms with Crippen LogP contribution in [0.25, 0.3) is 10.9 Å². The predicted molar refractivity (Wildman–Crippen MR) is 140 cm³/mol. The number of ketones is 1. The maximum Gasteiger partial charge on any atom is 0.235 e. The van der Waals surface area contributed by atoms with Crippen LogP contribution in [0.3, 0.4) is 0 Å². The van der Waals surface area contributed by atoms with E-state index in [1.54, 1.807) is 0 Å². The summed E-state index contributed by atoms with van der Waals surface area (Å²) < 4.78 is 12.0. The number of H-pyrrole nitrogens is 1. The van der Waals surface area contributed by atoms with Gasteiger partial charge in [0.05, 0.1) is 23.9 Å². The zero-order chi connectivity index (χ0) is 26.1. The number of ether oxygens (including phenoxy) is 2. The summed E-state index contributed by atoms with van der Waals surface area (Å²) in [4.78, 5) is 31.9. The van der Waals surface area contributed by atoms with E-state index in [4.69, 9.17) is 9.47 Å². The molecule has 37 heavy (non-hydrogen) atoms. The normalized spacial score (nSPS) is 44.4. The number of aromatic nitrogens is 1. The Kier molecular flexibility index (Phi) is 5.90. The number of aliphatic hydroxyl groups is 1. The third-order valence-corrected chi connectivity index (χ3v) is 10.1. The highest BCUT2D eigenvalue weighted by Gasteiger charge is 2.78. The Labute approximate surface area is 218 Å². The van der Waals surface area contributed by atoms with Gasteiger partial charge in [0.25, 0.3) is 0 Å². The van der Waals surface area contributed by atoms with Crippen molar-refractivity contribution in [2.75, 3.05) is 7.11 Å². The standard InChI is InChI=1S/C30H38N2O5/c1-16-8-7-10-20-27-29(3,37-27)17(2)26-22(13-18-15-31-21-11-6-5-9-19(18)21)32-28(35)30(20,26)25(34)14-24(36-4)23(33)12-16/h5-7,9-11,15-17,20,22-24,26-27,31,33H,8,12-14H2,1-4H3,(H,32,35)/b10-7+/t16-,17-,20+,22-,23-,24+,26+,27-,29+,30-/m1/s1. The molecule has 0 unspecified atom stereocenters. The van der Waals surface area contributed by atoms with Crippen LogP contribution >= 0.6 is 0 Å². The van der Waals surface area contributed by atoms with E-state index in [-0.39, 0.29) is 59.5 Å². The van der Waals surface area contributed by atoms with Crippen molar-refractivity contribution in [3.8, 4) is 0 Å². The van der Waals surface area contributed by atoms with E-state index in [0.717, 1.165) is 22.9 Å². The van der Waals surface area contributed by atoms with Gasteiger partial charge in [-0.15, -0.1) is 0 Å². The molecule has 2 saturated heterocycles. The second-order valence-electron chi connectivity index (χ2n) is 12.0. The molecule has 2 aliphatic carbocycles. The Balaban J connectivity index is 1.46. The zero-order valence-electron chi connectivity index (χ0n) is 22.1. The van der Waals surface area contributed by atoms with Gasteiger partial charge < -0.3 is 24.9 Å². The van der Waals surface area contributed by atoms with E-state index < -0.39 is 17.6 Å². The van der Waals surface area contributed by atoms with E-state index in [1.165, 1.54) is 7.11 Å². The topological polar surface area (TPSA) is 104 Å². The van der Waals surface area contributed by atoms with Crippen molar-refractivity contribution in [1.29, 1.82) is 0 Å². The van der Waals surface area contributed by atoms with Gasteiger partial charge in [0.2, 0.25) is 5.91 Å². The number of hydrogen-bond acceptors (Lipinski definition) is 5. The van der Waals surface area contributed by atoms with Crippen molar-refractivity contribution in [3.05, 3.63) is 48.2 Å². The van der Waals surface area contributed by atoms with Gasteiger partial charge in [-0.25, -0.2) is 0 Å². The number of para-hydroxylation sites is 1. The van der Waals surface area contributed by atoms with Crippen LogP contribution in [-0.2, 0) is 25.5 Å². The summed E-state index contributed by atoms with van der Waals surface area (Å²) in [5.41, 5.74) is 0.561. The molecule has 3 heterocycles. The number of fused-ring (bicyclic) bond motifs is 3. The summed E-state index contributed by atoms with van der Waals surface area (Å²) in [6.07, 6.45) is 6.54. The molecule has 0 bridgehead atoms. The Hall–Kier alpha value is -2.48. The minimum Gasteiger partial charge on any atom is -0.390 e. The molecule has 0 radical (unpaired) electrons. The molecule has 3 N–H and O–H groups in total. The fraction of sp³-hybridized carbons (Fsp3) is 0.600. The van der Waals surface area contributed by atoms with Gasteiger partial charge in [-0.1, -0.05) is 44.2 Å². The molecule has 3 fully saturated rings. The first-order chi connectivity index (χ1) is 17.7. The Bertz CT molecular complexity index is 1250. The minimum atomic E-state index is -1.25. The largest absolute Gasteiger partial charge is 0.390 e. The molecule has 1 aromatic carbocycles. The summed E-state index contributed by atoms with van der Waals surface area (Å²) in [6.45, 7) is 6.36. The smallest absolute Gasteiger partial charge is 0.235 e. The number of rotatable bonds is 3. The van der Waals surface area contributed by atoms with Gasteiger partial charge in [0.1, 0.15) is 5.41 Å². The van der Waals surface area contributed by atoms with Crippen LogP contribution in [0, 0.1) is 29.1 Å². The van der Waals surface area contributed by atoms with Crippen LogP contribution in [0.4, 0.5) is 0 Å². The number of aliphatic hydroxyl groups excluding tert-OH is 1. The first-order valence-corrected chi connectivity index (χ1v) is 13.7. The van der Waals surface area contributed by atoms with Gasteiger partial charge in [0.15, 0.2) is 5.78 Å². The van der Waals surface area contributed by atoms with Gasteiger partial charge in [-0.3, -0.25) is 9.59 Å². The van der Waals surface area contributed by atoms with Crippen molar-refractivity contribution < 1.29 is 24.2 Å². The molecule has 6 rings (SSSR count). The molecule has 10 atom stereocenters. The fourth-order valence-corrected chi connectivity index (χ4v) is 7.91. The molecule has 2 aromatic rings. The average Bonchev–Trinajstić information content (AvgIpc) is 3.28. The number of carbonyl (C=O) groups is 2. The molecule has 4 aliphatic rings. The van der Waals surface area contributed by atoms with Crippen LogP contribution in [0.2, 0.25) is 0 Å². The molecule has 7 nitrogen and oxygen atoms in total. The van der Waals surface area contributed by atoms with Crippen LogP contribution in [0.15, 0.2) is 42.6 Å². The van der Waals surface area contributed by atoms with Gasteiger partial charge in [-0.05, 0) is 49.7 Å². The molecule has 1 spiro atoms. The lowest BCUT2D eigenvalue weighted by Gasteiger charge is -2.46. The second kappa shape index (κ2) is 8.79. The van der Waals surface area contributed by atoms with Crippen LogP contribution in [-0.4, -0.2) is 58.8 Å². The number of allylic oxidation sites excluding steroid dienone is 1. The Morgan fingerprint density at radius 3 is 2.78 bits per heavy atom. The summed E-state index contributed by atoms with van der Waals surface area (Å²) in [5.74, 6) is -0.717. The quantitative estimate of drug-likeness (QED) is 0.336. The van der Waals surface area contributed by atoms with Crippen molar-refractivity contribution in [2.24, 2.45) is 29.1 Å². The summed E-state index contributed by atoms with van der Waals surface area (Å²) in [6, 6.07) is 7.95. The highest BCUT2D eigenvalue weighted by molar-refractivity contribution is 6.09. The highest BCUT2D eigenvalue weighted by atomic mass is 16.6. The molecule has 1 amide bonds. The maximum absolute atomic E-state index is 14.4. The molecule has 1 aromatic heterocycles. The van der Waals surface area contributed by atoms with Crippen molar-refractivity contribution in [3.63, 3.8) is 0 Å². The molecule has 198 valence electrons. The average molecular weight is 507 g/mol. The number of hydrogen-bond donors (Lipinski definition) is 3. The second-order valence-corrected chi connectivity index (χ2v) is 12.0. The van der Waals surface area contributed by atoms with Crippen molar-refractivity contribution >= 4 is 22.6 Å². The van der Waals surface area contributed by atoms with E-state index in [1.807, 2.05) is 24.4 Å². The van der Waals surface area contributed by atoms with Crippen molar-refractivity contribution in [2.45, 2.75) is 76.4 Å². The number of methoxy groups -OCH3 is 1. The monoisotopic (exact) mass is 506 g/mol. The van der Waals surface area contributed by atoms with E-state index in [2.05, 4.69) is 49.3 Å². The van der Waals surface area contributed by atoms with E-state index in [9.17, 15) is 14.7 Å². The number of amides is 1. The fourth-order valence-electron chi connectivity index (χ4n) is 7.91. The molecule has 1 saturated carbocycles. The zero-order valence-corrected chi connectivity index (χ0v) is 22.1.